The van der Waals surface area contributed by atoms with Crippen molar-refractivity contribution in [3.05, 3.63) is 59.4 Å². The predicted molar refractivity (Wildman–Crippen MR) is 97.4 cm³/mol. The first-order valence-electron chi connectivity index (χ1n) is 8.65. The number of rotatable bonds is 4. The van der Waals surface area contributed by atoms with Crippen molar-refractivity contribution >= 4 is 18.4 Å². The van der Waals surface area contributed by atoms with E-state index >= 15 is 0 Å². The average molecular weight is 339 g/mol. The summed E-state index contributed by atoms with van der Waals surface area (Å²) in [6.45, 7) is 5.63. The molecule has 4 heteroatoms. The van der Waals surface area contributed by atoms with Gasteiger partial charge in [0.05, 0.1) is 11.3 Å². The van der Waals surface area contributed by atoms with E-state index in [1.807, 2.05) is 12.1 Å². The molecule has 1 saturated carbocycles. The van der Waals surface area contributed by atoms with E-state index in [4.69, 9.17) is 4.74 Å². The summed E-state index contributed by atoms with van der Waals surface area (Å²) in [6, 6.07) is 11.6. The quantitative estimate of drug-likeness (QED) is 0.409. The van der Waals surface area contributed by atoms with Crippen molar-refractivity contribution in [2.45, 2.75) is 38.5 Å². The molecule has 3 nitrogen and oxygen atoms in total. The number of aliphatic imine (C=N–C) groups is 1. The van der Waals surface area contributed by atoms with Crippen LogP contribution >= 0.6 is 0 Å². The molecule has 0 amide bonds. The second-order valence-electron chi connectivity index (χ2n) is 6.74. The molecular weight excluding hydrogens is 317 g/mol. The van der Waals surface area contributed by atoms with Crippen LogP contribution in [0.4, 0.5) is 10.1 Å². The minimum atomic E-state index is -0.633. The molecule has 1 fully saturated rings. The third-order valence-corrected chi connectivity index (χ3v) is 4.93. The Bertz CT molecular complexity index is 762. The fourth-order valence-corrected chi connectivity index (χ4v) is 3.31. The Labute approximate surface area is 147 Å². The maximum Gasteiger partial charge on any atom is 0.343 e. The standard InChI is InChI=1S/C21H22FNO2/c1-14-3-5-15(6-4-14)16-7-9-17(10-8-16)21(24)25-20-12-11-18(23-2)13-19(20)22/h7-15H,2-6H2,1H3. The molecule has 0 bridgehead atoms. The Hall–Kier alpha value is -2.49. The van der Waals surface area contributed by atoms with Crippen molar-refractivity contribution in [3.8, 4) is 5.75 Å². The summed E-state index contributed by atoms with van der Waals surface area (Å²) in [5.41, 5.74) is 2.07. The molecule has 2 aromatic rings. The Kier molecular flexibility index (Phi) is 5.27. The van der Waals surface area contributed by atoms with E-state index in [0.717, 1.165) is 5.92 Å². The maximum absolute atomic E-state index is 13.9. The van der Waals surface area contributed by atoms with Gasteiger partial charge < -0.3 is 4.74 Å². The van der Waals surface area contributed by atoms with Crippen LogP contribution in [0.3, 0.4) is 0 Å². The van der Waals surface area contributed by atoms with Crippen LogP contribution < -0.4 is 4.74 Å². The summed E-state index contributed by atoms with van der Waals surface area (Å²) in [5, 5.41) is 0. The highest BCUT2D eigenvalue weighted by Crippen LogP contribution is 2.35. The fraction of sp³-hybridized carbons (Fsp3) is 0.333. The number of carbonyl (C=O) groups is 1. The number of hydrogen-bond donors (Lipinski definition) is 0. The van der Waals surface area contributed by atoms with E-state index in [-0.39, 0.29) is 5.75 Å². The Morgan fingerprint density at radius 3 is 2.40 bits per heavy atom. The normalized spacial score (nSPS) is 20.1. The molecule has 1 aliphatic rings. The van der Waals surface area contributed by atoms with Gasteiger partial charge in [-0.05, 0) is 61.2 Å². The second kappa shape index (κ2) is 7.60. The highest BCUT2D eigenvalue weighted by atomic mass is 19.1. The van der Waals surface area contributed by atoms with E-state index < -0.39 is 11.8 Å². The molecule has 3 rings (SSSR count). The number of esters is 1. The maximum atomic E-state index is 13.9. The van der Waals surface area contributed by atoms with Crippen molar-refractivity contribution in [2.75, 3.05) is 0 Å². The van der Waals surface area contributed by atoms with Gasteiger partial charge in [0.1, 0.15) is 0 Å². The first-order chi connectivity index (χ1) is 12.1. The highest BCUT2D eigenvalue weighted by Gasteiger charge is 2.20. The van der Waals surface area contributed by atoms with E-state index in [1.165, 1.54) is 43.4 Å². The lowest BCUT2D eigenvalue weighted by molar-refractivity contribution is 0.0728. The minimum absolute atomic E-state index is 0.109. The number of ether oxygens (including phenoxy) is 1. The van der Waals surface area contributed by atoms with Crippen LogP contribution in [0.25, 0.3) is 0 Å². The van der Waals surface area contributed by atoms with Gasteiger partial charge in [-0.15, -0.1) is 0 Å². The molecule has 0 atom stereocenters. The van der Waals surface area contributed by atoms with Gasteiger partial charge in [-0.2, -0.15) is 0 Å². The summed E-state index contributed by atoms with van der Waals surface area (Å²) in [6.07, 6.45) is 4.90. The third kappa shape index (κ3) is 4.13. The molecule has 1 aliphatic carbocycles. The zero-order valence-electron chi connectivity index (χ0n) is 14.4. The first-order valence-corrected chi connectivity index (χ1v) is 8.65. The molecule has 130 valence electrons. The highest BCUT2D eigenvalue weighted by molar-refractivity contribution is 5.91. The summed E-state index contributed by atoms with van der Waals surface area (Å²) >= 11 is 0. The summed E-state index contributed by atoms with van der Waals surface area (Å²) < 4.78 is 19.0. The smallest absolute Gasteiger partial charge is 0.343 e. The van der Waals surface area contributed by atoms with Crippen LogP contribution in [0.15, 0.2) is 47.5 Å². The molecule has 0 aromatic heterocycles. The van der Waals surface area contributed by atoms with Crippen molar-refractivity contribution in [3.63, 3.8) is 0 Å². The molecule has 0 saturated heterocycles. The van der Waals surface area contributed by atoms with Gasteiger partial charge in [0.15, 0.2) is 11.6 Å². The summed E-state index contributed by atoms with van der Waals surface area (Å²) in [4.78, 5) is 15.9. The minimum Gasteiger partial charge on any atom is -0.420 e. The van der Waals surface area contributed by atoms with Gasteiger partial charge in [0.25, 0.3) is 0 Å². The van der Waals surface area contributed by atoms with Crippen LogP contribution in [0.1, 0.15) is 54.4 Å². The molecule has 0 aliphatic heterocycles. The summed E-state index contributed by atoms with van der Waals surface area (Å²) in [5.74, 6) is 0.0664. The number of hydrogen-bond acceptors (Lipinski definition) is 3. The number of carbonyl (C=O) groups excluding carboxylic acids is 1. The van der Waals surface area contributed by atoms with Crippen LogP contribution in [-0.2, 0) is 0 Å². The third-order valence-electron chi connectivity index (χ3n) is 4.93. The van der Waals surface area contributed by atoms with Crippen LogP contribution in [-0.4, -0.2) is 12.7 Å². The van der Waals surface area contributed by atoms with E-state index in [2.05, 4.69) is 18.6 Å². The topological polar surface area (TPSA) is 38.7 Å². The number of nitrogens with zero attached hydrogens (tertiary/aromatic N) is 1. The summed E-state index contributed by atoms with van der Waals surface area (Å²) in [7, 11) is 0. The van der Waals surface area contributed by atoms with Gasteiger partial charge >= 0.3 is 5.97 Å². The van der Waals surface area contributed by atoms with Gasteiger partial charge in [-0.3, -0.25) is 4.99 Å². The molecule has 0 N–H and O–H groups in total. The van der Waals surface area contributed by atoms with Crippen molar-refractivity contribution < 1.29 is 13.9 Å². The number of benzene rings is 2. The van der Waals surface area contributed by atoms with Crippen LogP contribution in [0.2, 0.25) is 0 Å². The van der Waals surface area contributed by atoms with Crippen LogP contribution in [0, 0.1) is 11.7 Å². The monoisotopic (exact) mass is 339 g/mol. The lowest BCUT2D eigenvalue weighted by atomic mass is 9.79. The van der Waals surface area contributed by atoms with Crippen molar-refractivity contribution in [2.24, 2.45) is 10.9 Å². The Balaban J connectivity index is 1.67. The largest absolute Gasteiger partial charge is 0.420 e. The predicted octanol–water partition coefficient (Wildman–Crippen LogP) is 5.67. The average Bonchev–Trinajstić information content (AvgIpc) is 2.64. The first kappa shape index (κ1) is 17.3. The van der Waals surface area contributed by atoms with Crippen molar-refractivity contribution in [1.29, 1.82) is 0 Å². The molecule has 0 heterocycles. The van der Waals surface area contributed by atoms with Crippen molar-refractivity contribution in [1.82, 2.24) is 0 Å². The van der Waals surface area contributed by atoms with Crippen LogP contribution in [0.5, 0.6) is 5.75 Å². The van der Waals surface area contributed by atoms with Gasteiger partial charge in [0.2, 0.25) is 0 Å². The van der Waals surface area contributed by atoms with E-state index in [9.17, 15) is 9.18 Å². The van der Waals surface area contributed by atoms with E-state index in [1.54, 1.807) is 18.2 Å². The Morgan fingerprint density at radius 2 is 1.80 bits per heavy atom. The van der Waals surface area contributed by atoms with Gasteiger partial charge in [-0.25, -0.2) is 9.18 Å². The van der Waals surface area contributed by atoms with Gasteiger partial charge in [0, 0.05) is 6.07 Å². The molecule has 0 unspecified atom stereocenters. The zero-order valence-corrected chi connectivity index (χ0v) is 14.4. The molecule has 2 aromatic carbocycles. The zero-order chi connectivity index (χ0) is 17.8. The fourth-order valence-electron chi connectivity index (χ4n) is 3.31. The molecular formula is C21H22FNO2. The van der Waals surface area contributed by atoms with Gasteiger partial charge in [-0.1, -0.05) is 31.9 Å². The van der Waals surface area contributed by atoms with E-state index in [0.29, 0.717) is 17.2 Å². The second-order valence-corrected chi connectivity index (χ2v) is 6.74. The molecule has 0 radical (unpaired) electrons. The lowest BCUT2D eigenvalue weighted by Gasteiger charge is -2.26. The molecule has 0 spiro atoms. The lowest BCUT2D eigenvalue weighted by Crippen LogP contribution is -2.12. The SMILES string of the molecule is C=Nc1ccc(OC(=O)c2ccc(C3CCC(C)CC3)cc2)c(F)c1. The Morgan fingerprint density at radius 1 is 1.12 bits per heavy atom. The molecule has 25 heavy (non-hydrogen) atoms. The number of halogens is 1.